The SMILES string of the molecule is CC(=O)N1CCC[C@H]1C(=O)N[C@@H](CC(C)C)C(=O)N[C@@H](Cc1c[n+](C)cn1CCCCCCCCc1ccccc1)C(=O)N[C@@H](CO)C(=O)N[C@H](C(N)=O)[C@@H](C)OP(=O)(O)O. The molecule has 1 aliphatic rings. The molecule has 1 aliphatic heterocycles. The number of rotatable bonds is 26. The smallest absolute Gasteiger partial charge is 0.394 e. The number of hydrogen-bond acceptors (Lipinski definition) is 9. The normalized spacial score (nSPS) is 16.6. The molecule has 1 fully saturated rings. The Morgan fingerprint density at radius 2 is 1.49 bits per heavy atom. The number of aromatic nitrogens is 2. The van der Waals surface area contributed by atoms with Gasteiger partial charge in [0.1, 0.15) is 42.1 Å². The monoisotopic (exact) mass is 877 g/mol. The number of nitrogens with one attached hydrogen (secondary N) is 4. The van der Waals surface area contributed by atoms with Crippen LogP contribution in [0.1, 0.15) is 96.7 Å². The maximum absolute atomic E-state index is 14.1. The number of hydrogen-bond donors (Lipinski definition) is 8. The van der Waals surface area contributed by atoms with Gasteiger partial charge in [0.15, 0.2) is 0 Å². The highest BCUT2D eigenvalue weighted by Crippen LogP contribution is 2.38. The number of aliphatic hydroxyl groups is 1. The number of carbonyl (C=O) groups excluding carboxylic acids is 6. The first-order valence-corrected chi connectivity index (χ1v) is 22.5. The standard InChI is InChI=1S/C41H65N8O11P/c1-27(2)22-32(44-41(56)35-19-15-21-49(35)29(4)51)38(53)43-33(39(54)45-34(25-50)40(55)46-36(37(42)52)28(3)60-61(57,58)59)23-31-24-47(5)26-48(31)20-14-9-7-6-8-11-16-30-17-12-10-13-18-30/h10,12-13,17-18,24,26-28,32-36,50H,6-9,11,14-16,19-23,25H2,1-5H3,(H7-,42,43,44,45,46,52,53,54,55,56,57,58,59)/p+1/t28-,32+,33+,34+,35+,36+/m1/s1. The summed E-state index contributed by atoms with van der Waals surface area (Å²) in [6.07, 6.45) is 10.5. The molecule has 0 unspecified atom stereocenters. The second-order valence-corrected chi connectivity index (χ2v) is 17.4. The minimum absolute atomic E-state index is 0.0716. The number of phosphoric acid groups is 1. The van der Waals surface area contributed by atoms with Gasteiger partial charge in [-0.3, -0.25) is 33.3 Å². The van der Waals surface area contributed by atoms with E-state index in [1.807, 2.05) is 54.6 Å². The molecule has 2 heterocycles. The van der Waals surface area contributed by atoms with E-state index in [4.69, 9.17) is 5.73 Å². The van der Waals surface area contributed by atoms with E-state index in [0.29, 0.717) is 31.6 Å². The van der Waals surface area contributed by atoms with Crippen LogP contribution in [0, 0.1) is 5.92 Å². The lowest BCUT2D eigenvalue weighted by Crippen LogP contribution is -2.61. The molecule has 0 saturated carbocycles. The summed E-state index contributed by atoms with van der Waals surface area (Å²) in [7, 11) is -3.29. The Morgan fingerprint density at radius 3 is 2.10 bits per heavy atom. The fourth-order valence-electron chi connectivity index (χ4n) is 7.47. The van der Waals surface area contributed by atoms with Gasteiger partial charge in [0, 0.05) is 19.9 Å². The van der Waals surface area contributed by atoms with Crippen LogP contribution in [0.5, 0.6) is 0 Å². The lowest BCUT2D eigenvalue weighted by atomic mass is 10.0. The summed E-state index contributed by atoms with van der Waals surface area (Å²) < 4.78 is 19.7. The first kappa shape index (κ1) is 50.7. The number of aliphatic hydroxyl groups excluding tert-OH is 1. The summed E-state index contributed by atoms with van der Waals surface area (Å²) in [6, 6.07) is 3.70. The van der Waals surface area contributed by atoms with Crippen molar-refractivity contribution in [3.63, 3.8) is 0 Å². The van der Waals surface area contributed by atoms with Crippen LogP contribution in [0.25, 0.3) is 0 Å². The summed E-state index contributed by atoms with van der Waals surface area (Å²) in [5, 5.41) is 20.3. The van der Waals surface area contributed by atoms with Crippen molar-refractivity contribution in [1.29, 1.82) is 0 Å². The number of nitrogens with zero attached hydrogens (tertiary/aromatic N) is 3. The highest BCUT2D eigenvalue weighted by Gasteiger charge is 2.37. The van der Waals surface area contributed by atoms with E-state index in [1.54, 1.807) is 6.20 Å². The van der Waals surface area contributed by atoms with Crippen molar-refractivity contribution in [2.24, 2.45) is 18.7 Å². The number of primary amides is 1. The third-order valence-electron chi connectivity index (χ3n) is 10.5. The minimum Gasteiger partial charge on any atom is -0.394 e. The highest BCUT2D eigenvalue weighted by atomic mass is 31.2. The number of carbonyl (C=O) groups is 6. The Kier molecular flexibility index (Phi) is 20.5. The van der Waals surface area contributed by atoms with Crippen LogP contribution in [0.2, 0.25) is 0 Å². The third kappa shape index (κ3) is 17.3. The van der Waals surface area contributed by atoms with E-state index < -0.39 is 80.3 Å². The van der Waals surface area contributed by atoms with Crippen molar-refractivity contribution in [2.75, 3.05) is 13.2 Å². The first-order valence-electron chi connectivity index (χ1n) is 21.0. The number of imidazole rings is 1. The van der Waals surface area contributed by atoms with E-state index in [2.05, 4.69) is 37.9 Å². The Labute approximate surface area is 357 Å². The van der Waals surface area contributed by atoms with Crippen LogP contribution in [0.4, 0.5) is 0 Å². The van der Waals surface area contributed by atoms with Crippen molar-refractivity contribution in [3.05, 3.63) is 54.1 Å². The number of benzene rings is 1. The summed E-state index contributed by atoms with van der Waals surface area (Å²) in [4.78, 5) is 99.2. The molecule has 6 atom stereocenters. The zero-order valence-electron chi connectivity index (χ0n) is 36.0. The molecular weight excluding hydrogens is 811 g/mol. The van der Waals surface area contributed by atoms with Crippen molar-refractivity contribution < 1.29 is 57.3 Å². The van der Waals surface area contributed by atoms with Crippen LogP contribution in [-0.4, -0.2) is 109 Å². The zero-order chi connectivity index (χ0) is 45.3. The number of unbranched alkanes of at least 4 members (excludes halogenated alkanes) is 5. The molecule has 1 aromatic heterocycles. The van der Waals surface area contributed by atoms with Crippen molar-refractivity contribution >= 4 is 43.3 Å². The second kappa shape index (κ2) is 24.7. The van der Waals surface area contributed by atoms with Gasteiger partial charge < -0.3 is 46.8 Å². The average Bonchev–Trinajstić information content (AvgIpc) is 3.82. The Morgan fingerprint density at radius 1 is 0.885 bits per heavy atom. The Bertz CT molecular complexity index is 1820. The topological polar surface area (TPSA) is 276 Å². The van der Waals surface area contributed by atoms with Gasteiger partial charge >= 0.3 is 7.82 Å². The molecule has 20 heteroatoms. The number of phosphoric ester groups is 1. The fraction of sp³-hybridized carbons (Fsp3) is 0.634. The number of aryl methyl sites for hydroxylation is 3. The summed E-state index contributed by atoms with van der Waals surface area (Å²) in [5.74, 6) is -4.75. The van der Waals surface area contributed by atoms with E-state index in [9.17, 15) is 48.2 Å². The van der Waals surface area contributed by atoms with Gasteiger partial charge in [-0.1, -0.05) is 63.4 Å². The number of amides is 6. The molecular formula is C41H66N8O11P+. The van der Waals surface area contributed by atoms with E-state index >= 15 is 0 Å². The summed E-state index contributed by atoms with van der Waals surface area (Å²) in [5.41, 5.74) is 7.36. The third-order valence-corrected chi connectivity index (χ3v) is 11.1. The lowest BCUT2D eigenvalue weighted by molar-refractivity contribution is -0.671. The predicted octanol–water partition coefficient (Wildman–Crippen LogP) is 0.410. The molecule has 340 valence electrons. The van der Waals surface area contributed by atoms with Crippen LogP contribution in [-0.2, 0) is 64.3 Å². The molecule has 0 spiro atoms. The molecule has 6 amide bonds. The Balaban J connectivity index is 1.79. The molecule has 19 nitrogen and oxygen atoms in total. The average molecular weight is 878 g/mol. The maximum Gasteiger partial charge on any atom is 0.469 e. The largest absolute Gasteiger partial charge is 0.469 e. The van der Waals surface area contributed by atoms with E-state index in [0.717, 1.165) is 51.9 Å². The maximum atomic E-state index is 14.1. The lowest BCUT2D eigenvalue weighted by Gasteiger charge is -2.28. The van der Waals surface area contributed by atoms with Gasteiger partial charge in [-0.2, -0.15) is 0 Å². The zero-order valence-corrected chi connectivity index (χ0v) is 36.9. The number of nitrogens with two attached hydrogens (primary N) is 1. The summed E-state index contributed by atoms with van der Waals surface area (Å²) >= 11 is 0. The number of likely N-dealkylation sites (tertiary alicyclic amines) is 1. The van der Waals surface area contributed by atoms with Gasteiger partial charge in [0.25, 0.3) is 0 Å². The molecule has 9 N–H and O–H groups in total. The van der Waals surface area contributed by atoms with Crippen molar-refractivity contribution in [3.8, 4) is 0 Å². The van der Waals surface area contributed by atoms with Gasteiger partial charge in [0.2, 0.25) is 41.8 Å². The van der Waals surface area contributed by atoms with Crippen molar-refractivity contribution in [1.82, 2.24) is 30.7 Å². The summed E-state index contributed by atoms with van der Waals surface area (Å²) in [6.45, 7) is 6.25. The minimum atomic E-state index is -5.11. The predicted molar refractivity (Wildman–Crippen MR) is 224 cm³/mol. The molecule has 61 heavy (non-hydrogen) atoms. The van der Waals surface area contributed by atoms with Crippen LogP contribution < -0.4 is 31.6 Å². The van der Waals surface area contributed by atoms with Gasteiger partial charge in [-0.15, -0.1) is 0 Å². The quantitative estimate of drug-likeness (QED) is 0.0364. The first-order chi connectivity index (χ1) is 28.8. The fourth-order valence-corrected chi connectivity index (χ4v) is 8.02. The molecule has 1 saturated heterocycles. The molecule has 0 radical (unpaired) electrons. The van der Waals surface area contributed by atoms with Crippen LogP contribution in [0.3, 0.4) is 0 Å². The van der Waals surface area contributed by atoms with Gasteiger partial charge in [-0.05, 0) is 63.4 Å². The molecule has 0 bridgehead atoms. The van der Waals surface area contributed by atoms with E-state index in [-0.39, 0.29) is 24.7 Å². The molecule has 1 aromatic carbocycles. The molecule has 2 aromatic rings. The van der Waals surface area contributed by atoms with Crippen LogP contribution in [0.15, 0.2) is 42.9 Å². The van der Waals surface area contributed by atoms with Crippen LogP contribution >= 0.6 is 7.82 Å². The van der Waals surface area contributed by atoms with Crippen molar-refractivity contribution in [2.45, 2.75) is 141 Å². The highest BCUT2D eigenvalue weighted by molar-refractivity contribution is 7.46. The van der Waals surface area contributed by atoms with E-state index in [1.165, 1.54) is 17.4 Å². The second-order valence-electron chi connectivity index (χ2n) is 16.2. The Hall–Kier alpha value is -4.68. The molecule has 3 rings (SSSR count). The van der Waals surface area contributed by atoms with Gasteiger partial charge in [0.05, 0.1) is 26.3 Å². The molecule has 0 aliphatic carbocycles. The van der Waals surface area contributed by atoms with Gasteiger partial charge in [-0.25, -0.2) is 13.7 Å².